The second kappa shape index (κ2) is 12.7. The van der Waals surface area contributed by atoms with Crippen LogP contribution in [0.5, 0.6) is 5.75 Å². The second-order valence-corrected chi connectivity index (χ2v) is 9.43. The van der Waals surface area contributed by atoms with Crippen LogP contribution in [0.4, 0.5) is 17.6 Å². The molecule has 1 aromatic heterocycles. The quantitative estimate of drug-likeness (QED) is 0.145. The molecule has 0 spiro atoms. The summed E-state index contributed by atoms with van der Waals surface area (Å²) in [5, 5.41) is 0. The van der Waals surface area contributed by atoms with E-state index in [2.05, 4.69) is 11.9 Å². The molecule has 1 heterocycles. The van der Waals surface area contributed by atoms with E-state index in [1.54, 1.807) is 48.5 Å². The standard InChI is InChI=1S/C32H31F4NO/c1-3-4-5-6-19-38-28-18-17-26(31(35)32(28)36)23-12-8-22(9-13-23)10-14-24-15-16-27(30(34)29(24)33)25-11-7-21(2)37-20-25/h7-9,11-13,15-18,20H,3-6,10,14,19H2,1-2H3. The number of aromatic nitrogens is 1. The number of ether oxygens (including phenoxy) is 1. The number of hydrogen-bond acceptors (Lipinski definition) is 2. The number of aryl methyl sites for hydroxylation is 3. The largest absolute Gasteiger partial charge is 0.490 e. The summed E-state index contributed by atoms with van der Waals surface area (Å²) in [4.78, 5) is 4.15. The zero-order valence-corrected chi connectivity index (χ0v) is 21.7. The van der Waals surface area contributed by atoms with E-state index in [0.717, 1.165) is 36.9 Å². The summed E-state index contributed by atoms with van der Waals surface area (Å²) in [6.07, 6.45) is 6.24. The molecule has 0 fully saturated rings. The first-order valence-corrected chi connectivity index (χ1v) is 13.0. The van der Waals surface area contributed by atoms with Crippen LogP contribution < -0.4 is 4.74 Å². The molecule has 0 saturated heterocycles. The van der Waals surface area contributed by atoms with Gasteiger partial charge in [-0.1, -0.05) is 68.7 Å². The molecule has 0 N–H and O–H groups in total. The molecule has 0 aliphatic rings. The highest BCUT2D eigenvalue weighted by Crippen LogP contribution is 2.31. The number of hydrogen-bond donors (Lipinski definition) is 0. The van der Waals surface area contributed by atoms with Gasteiger partial charge < -0.3 is 4.74 Å². The van der Waals surface area contributed by atoms with E-state index in [4.69, 9.17) is 4.74 Å². The van der Waals surface area contributed by atoms with Gasteiger partial charge in [0.1, 0.15) is 0 Å². The van der Waals surface area contributed by atoms with Crippen LogP contribution in [0.3, 0.4) is 0 Å². The molecule has 4 aromatic rings. The first-order valence-electron chi connectivity index (χ1n) is 13.0. The molecule has 0 saturated carbocycles. The lowest BCUT2D eigenvalue weighted by molar-refractivity contribution is 0.285. The van der Waals surface area contributed by atoms with Crippen molar-refractivity contribution in [1.29, 1.82) is 0 Å². The van der Waals surface area contributed by atoms with Crippen molar-refractivity contribution in [2.75, 3.05) is 6.61 Å². The lowest BCUT2D eigenvalue weighted by Crippen LogP contribution is -2.02. The van der Waals surface area contributed by atoms with Crippen molar-refractivity contribution in [2.24, 2.45) is 0 Å². The van der Waals surface area contributed by atoms with Gasteiger partial charge in [0.2, 0.25) is 5.82 Å². The molecule has 0 unspecified atom stereocenters. The van der Waals surface area contributed by atoms with E-state index in [1.807, 2.05) is 6.92 Å². The Balaban J connectivity index is 1.40. The lowest BCUT2D eigenvalue weighted by atomic mass is 9.98. The number of halogens is 4. The topological polar surface area (TPSA) is 22.1 Å². The third-order valence-corrected chi connectivity index (χ3v) is 6.63. The SMILES string of the molecule is CCCCCCOc1ccc(-c2ccc(CCc3ccc(-c4ccc(C)nc4)c(F)c3F)cc2)c(F)c1F. The van der Waals surface area contributed by atoms with Crippen molar-refractivity contribution in [3.8, 4) is 28.0 Å². The number of rotatable bonds is 11. The van der Waals surface area contributed by atoms with Gasteiger partial charge >= 0.3 is 0 Å². The normalized spacial score (nSPS) is 11.1. The predicted molar refractivity (Wildman–Crippen MR) is 143 cm³/mol. The molecule has 0 aliphatic heterocycles. The molecule has 38 heavy (non-hydrogen) atoms. The molecule has 4 rings (SSSR count). The van der Waals surface area contributed by atoms with Crippen LogP contribution in [0.15, 0.2) is 66.9 Å². The second-order valence-electron chi connectivity index (χ2n) is 9.43. The molecule has 198 valence electrons. The van der Waals surface area contributed by atoms with Gasteiger partial charge in [-0.3, -0.25) is 4.98 Å². The van der Waals surface area contributed by atoms with Crippen molar-refractivity contribution in [3.63, 3.8) is 0 Å². The average Bonchev–Trinajstić information content (AvgIpc) is 2.93. The third kappa shape index (κ3) is 6.42. The Kier molecular flexibility index (Phi) is 9.16. The third-order valence-electron chi connectivity index (χ3n) is 6.63. The van der Waals surface area contributed by atoms with Gasteiger partial charge in [-0.05, 0) is 61.1 Å². The molecular formula is C32H31F4NO. The molecule has 0 aliphatic carbocycles. The number of unbranched alkanes of at least 4 members (excludes halogenated alkanes) is 3. The number of nitrogens with zero attached hydrogens (tertiary/aromatic N) is 1. The minimum absolute atomic E-state index is 0.0849. The van der Waals surface area contributed by atoms with Gasteiger partial charge in [0.25, 0.3) is 0 Å². The Hall–Kier alpha value is -3.67. The summed E-state index contributed by atoms with van der Waals surface area (Å²) in [7, 11) is 0. The van der Waals surface area contributed by atoms with Crippen molar-refractivity contribution in [1.82, 2.24) is 4.98 Å². The summed E-state index contributed by atoms with van der Waals surface area (Å²) in [6, 6.07) is 16.6. The first-order chi connectivity index (χ1) is 18.4. The van der Waals surface area contributed by atoms with E-state index in [0.29, 0.717) is 30.6 Å². The summed E-state index contributed by atoms with van der Waals surface area (Å²) in [5.74, 6) is -3.80. The van der Waals surface area contributed by atoms with Gasteiger partial charge in [-0.15, -0.1) is 0 Å². The van der Waals surface area contributed by atoms with E-state index in [9.17, 15) is 17.6 Å². The summed E-state index contributed by atoms with van der Waals surface area (Å²) in [5.41, 5.74) is 3.29. The zero-order chi connectivity index (χ0) is 27.1. The molecule has 2 nitrogen and oxygen atoms in total. The van der Waals surface area contributed by atoms with Crippen molar-refractivity contribution >= 4 is 0 Å². The van der Waals surface area contributed by atoms with Crippen LogP contribution in [0, 0.1) is 30.2 Å². The van der Waals surface area contributed by atoms with Crippen LogP contribution in [0.1, 0.15) is 49.4 Å². The van der Waals surface area contributed by atoms with Crippen LogP contribution in [0.2, 0.25) is 0 Å². The molecule has 0 radical (unpaired) electrons. The van der Waals surface area contributed by atoms with Crippen molar-refractivity contribution < 1.29 is 22.3 Å². The summed E-state index contributed by atoms with van der Waals surface area (Å²) in [6.45, 7) is 4.28. The zero-order valence-electron chi connectivity index (χ0n) is 21.7. The van der Waals surface area contributed by atoms with E-state index >= 15 is 0 Å². The smallest absolute Gasteiger partial charge is 0.201 e. The Labute approximate surface area is 221 Å². The molecule has 0 atom stereocenters. The van der Waals surface area contributed by atoms with Gasteiger partial charge in [-0.25, -0.2) is 13.2 Å². The van der Waals surface area contributed by atoms with Crippen molar-refractivity contribution in [2.45, 2.75) is 52.4 Å². The fourth-order valence-electron chi connectivity index (χ4n) is 4.34. The minimum atomic E-state index is -0.996. The fourth-order valence-corrected chi connectivity index (χ4v) is 4.34. The van der Waals surface area contributed by atoms with E-state index < -0.39 is 23.3 Å². The van der Waals surface area contributed by atoms with E-state index in [1.165, 1.54) is 18.3 Å². The van der Waals surface area contributed by atoms with Gasteiger partial charge in [0.05, 0.1) is 6.61 Å². The molecular weight excluding hydrogens is 490 g/mol. The monoisotopic (exact) mass is 521 g/mol. The fraction of sp³-hybridized carbons (Fsp3) is 0.281. The molecule has 0 bridgehead atoms. The number of benzene rings is 3. The average molecular weight is 522 g/mol. The highest BCUT2D eigenvalue weighted by Gasteiger charge is 2.17. The van der Waals surface area contributed by atoms with Gasteiger partial charge in [-0.2, -0.15) is 4.39 Å². The van der Waals surface area contributed by atoms with Gasteiger partial charge in [0.15, 0.2) is 23.2 Å². The van der Waals surface area contributed by atoms with Crippen molar-refractivity contribution in [3.05, 3.63) is 107 Å². The molecule has 6 heteroatoms. The van der Waals surface area contributed by atoms with Crippen LogP contribution in [-0.2, 0) is 12.8 Å². The Morgan fingerprint density at radius 1 is 0.658 bits per heavy atom. The molecule has 3 aromatic carbocycles. The Morgan fingerprint density at radius 3 is 2.05 bits per heavy atom. The highest BCUT2D eigenvalue weighted by atomic mass is 19.2. The predicted octanol–water partition coefficient (Wildman–Crippen LogP) is 9.02. The van der Waals surface area contributed by atoms with E-state index in [-0.39, 0.29) is 22.4 Å². The van der Waals surface area contributed by atoms with Crippen LogP contribution in [-0.4, -0.2) is 11.6 Å². The highest BCUT2D eigenvalue weighted by molar-refractivity contribution is 5.66. The van der Waals surface area contributed by atoms with Gasteiger partial charge in [0, 0.05) is 28.6 Å². The minimum Gasteiger partial charge on any atom is -0.490 e. The Bertz CT molecular complexity index is 1370. The maximum Gasteiger partial charge on any atom is 0.201 e. The maximum absolute atomic E-state index is 14.8. The summed E-state index contributed by atoms with van der Waals surface area (Å²) < 4.78 is 64.3. The Morgan fingerprint density at radius 2 is 1.34 bits per heavy atom. The van der Waals surface area contributed by atoms with Crippen LogP contribution in [0.25, 0.3) is 22.3 Å². The summed E-state index contributed by atoms with van der Waals surface area (Å²) >= 11 is 0. The van der Waals surface area contributed by atoms with Crippen LogP contribution >= 0.6 is 0 Å². The molecule has 0 amide bonds. The lowest BCUT2D eigenvalue weighted by Gasteiger charge is -2.11. The number of pyridine rings is 1. The maximum atomic E-state index is 14.8. The first kappa shape index (κ1) is 27.4.